The highest BCUT2D eigenvalue weighted by molar-refractivity contribution is 5.92. The number of fused-ring (bicyclic) bond motifs is 1. The lowest BCUT2D eigenvalue weighted by Crippen LogP contribution is -2.34. The Morgan fingerprint density at radius 2 is 2.17 bits per heavy atom. The molecule has 0 radical (unpaired) electrons. The zero-order valence-corrected chi connectivity index (χ0v) is 10.1. The summed E-state index contributed by atoms with van der Waals surface area (Å²) in [5, 5.41) is 0.856. The number of benzene rings is 1. The summed E-state index contributed by atoms with van der Waals surface area (Å²) in [4.78, 5) is 21.2. The zero-order valence-electron chi connectivity index (χ0n) is 10.1. The van der Waals surface area contributed by atoms with E-state index in [9.17, 15) is 4.79 Å². The number of nitrogens with zero attached hydrogens (tertiary/aromatic N) is 3. The predicted octanol–water partition coefficient (Wildman–Crippen LogP) is 0.524. The number of hydrogen-bond acceptors (Lipinski definition) is 5. The van der Waals surface area contributed by atoms with Crippen molar-refractivity contribution >= 4 is 28.3 Å². The molecule has 0 spiro atoms. The second-order valence-electron chi connectivity index (χ2n) is 3.95. The van der Waals surface area contributed by atoms with Crippen LogP contribution in [0.5, 0.6) is 0 Å². The van der Waals surface area contributed by atoms with Crippen molar-refractivity contribution in [2.75, 3.05) is 23.7 Å². The van der Waals surface area contributed by atoms with Crippen molar-refractivity contribution in [1.29, 1.82) is 0 Å². The van der Waals surface area contributed by atoms with E-state index >= 15 is 0 Å². The number of nitrogen functional groups attached to an aromatic ring is 1. The number of carbonyl (C=O) groups is 1. The Labute approximate surface area is 105 Å². The lowest BCUT2D eigenvalue weighted by Gasteiger charge is -2.21. The Morgan fingerprint density at radius 1 is 1.39 bits per heavy atom. The summed E-state index contributed by atoms with van der Waals surface area (Å²) in [7, 11) is 0. The van der Waals surface area contributed by atoms with E-state index < -0.39 is 0 Å². The van der Waals surface area contributed by atoms with Gasteiger partial charge in [0, 0.05) is 17.6 Å². The SMILES string of the molecule is CCN(CC(N)=O)c1ncnc2cc(N)ccc12. The van der Waals surface area contributed by atoms with Crippen molar-refractivity contribution in [2.24, 2.45) is 5.73 Å². The first kappa shape index (κ1) is 12.1. The first-order valence-corrected chi connectivity index (χ1v) is 5.65. The van der Waals surface area contributed by atoms with Gasteiger partial charge < -0.3 is 16.4 Å². The molecule has 1 amide bonds. The number of nitrogens with two attached hydrogens (primary N) is 2. The van der Waals surface area contributed by atoms with Gasteiger partial charge in [-0.2, -0.15) is 0 Å². The molecular weight excluding hydrogens is 230 g/mol. The molecule has 0 unspecified atom stereocenters. The molecule has 6 heteroatoms. The van der Waals surface area contributed by atoms with Gasteiger partial charge in [0.15, 0.2) is 0 Å². The van der Waals surface area contributed by atoms with Crippen molar-refractivity contribution in [3.8, 4) is 0 Å². The van der Waals surface area contributed by atoms with Gasteiger partial charge in [-0.15, -0.1) is 0 Å². The van der Waals surface area contributed by atoms with Crippen LogP contribution in [0.15, 0.2) is 24.5 Å². The minimum Gasteiger partial charge on any atom is -0.399 e. The second-order valence-corrected chi connectivity index (χ2v) is 3.95. The highest BCUT2D eigenvalue weighted by Gasteiger charge is 2.12. The highest BCUT2D eigenvalue weighted by Crippen LogP contribution is 2.24. The first-order chi connectivity index (χ1) is 8.61. The molecule has 0 saturated carbocycles. The summed E-state index contributed by atoms with van der Waals surface area (Å²) in [6.45, 7) is 2.71. The molecule has 0 aliphatic heterocycles. The number of aromatic nitrogens is 2. The fraction of sp³-hybridized carbons (Fsp3) is 0.250. The standard InChI is InChI=1S/C12H15N5O/c1-2-17(6-11(14)18)12-9-4-3-8(13)5-10(9)15-7-16-12/h3-5,7H,2,6,13H2,1H3,(H2,14,18). The molecular formula is C12H15N5O. The molecule has 0 saturated heterocycles. The number of carbonyl (C=O) groups excluding carboxylic acids is 1. The smallest absolute Gasteiger partial charge is 0.236 e. The second kappa shape index (κ2) is 4.87. The fourth-order valence-electron chi connectivity index (χ4n) is 1.84. The third-order valence-electron chi connectivity index (χ3n) is 2.67. The molecule has 1 aromatic carbocycles. The maximum Gasteiger partial charge on any atom is 0.236 e. The lowest BCUT2D eigenvalue weighted by atomic mass is 10.2. The third kappa shape index (κ3) is 2.32. The van der Waals surface area contributed by atoms with Crippen LogP contribution in [0.4, 0.5) is 11.5 Å². The minimum atomic E-state index is -0.390. The molecule has 1 heterocycles. The zero-order chi connectivity index (χ0) is 13.1. The van der Waals surface area contributed by atoms with Gasteiger partial charge in [0.2, 0.25) is 5.91 Å². The molecule has 0 bridgehead atoms. The van der Waals surface area contributed by atoms with Gasteiger partial charge >= 0.3 is 0 Å². The number of likely N-dealkylation sites (N-methyl/N-ethyl adjacent to an activating group) is 1. The number of primary amides is 1. The van der Waals surface area contributed by atoms with Crippen LogP contribution < -0.4 is 16.4 Å². The van der Waals surface area contributed by atoms with E-state index in [0.717, 1.165) is 10.9 Å². The van der Waals surface area contributed by atoms with E-state index in [2.05, 4.69) is 9.97 Å². The molecule has 2 aromatic rings. The minimum absolute atomic E-state index is 0.132. The Morgan fingerprint density at radius 3 is 2.83 bits per heavy atom. The van der Waals surface area contributed by atoms with Gasteiger partial charge in [-0.1, -0.05) is 0 Å². The first-order valence-electron chi connectivity index (χ1n) is 5.65. The highest BCUT2D eigenvalue weighted by atomic mass is 16.1. The van der Waals surface area contributed by atoms with Gasteiger partial charge in [0.25, 0.3) is 0 Å². The van der Waals surface area contributed by atoms with E-state index in [0.29, 0.717) is 18.1 Å². The van der Waals surface area contributed by atoms with Crippen LogP contribution in [0.1, 0.15) is 6.92 Å². The summed E-state index contributed by atoms with van der Waals surface area (Å²) in [6.07, 6.45) is 1.46. The molecule has 0 fully saturated rings. The van der Waals surface area contributed by atoms with Crippen LogP contribution in [0.3, 0.4) is 0 Å². The molecule has 0 atom stereocenters. The largest absolute Gasteiger partial charge is 0.399 e. The maximum absolute atomic E-state index is 11.0. The maximum atomic E-state index is 11.0. The molecule has 6 nitrogen and oxygen atoms in total. The van der Waals surface area contributed by atoms with Crippen LogP contribution in [0.25, 0.3) is 10.9 Å². The summed E-state index contributed by atoms with van der Waals surface area (Å²) in [6, 6.07) is 5.41. The molecule has 0 aliphatic rings. The number of amides is 1. The van der Waals surface area contributed by atoms with E-state index in [-0.39, 0.29) is 12.5 Å². The quantitative estimate of drug-likeness (QED) is 0.765. The van der Waals surface area contributed by atoms with Gasteiger partial charge in [0.05, 0.1) is 12.1 Å². The molecule has 1 aromatic heterocycles. The van der Waals surface area contributed by atoms with Crippen molar-refractivity contribution in [3.05, 3.63) is 24.5 Å². The van der Waals surface area contributed by atoms with E-state index in [1.807, 2.05) is 17.9 Å². The van der Waals surface area contributed by atoms with E-state index in [1.54, 1.807) is 12.1 Å². The molecule has 4 N–H and O–H groups in total. The lowest BCUT2D eigenvalue weighted by molar-refractivity contribution is -0.116. The van der Waals surface area contributed by atoms with Gasteiger partial charge in [-0.3, -0.25) is 4.79 Å². The monoisotopic (exact) mass is 245 g/mol. The Hall–Kier alpha value is -2.37. The van der Waals surface area contributed by atoms with Crippen molar-refractivity contribution < 1.29 is 4.79 Å². The van der Waals surface area contributed by atoms with E-state index in [1.165, 1.54) is 6.33 Å². The Balaban J connectivity index is 2.52. The number of hydrogen-bond donors (Lipinski definition) is 2. The molecule has 0 aliphatic carbocycles. The molecule has 2 rings (SSSR count). The number of anilines is 2. The topological polar surface area (TPSA) is 98.1 Å². The average Bonchev–Trinajstić information content (AvgIpc) is 2.34. The van der Waals surface area contributed by atoms with E-state index in [4.69, 9.17) is 11.5 Å². The van der Waals surface area contributed by atoms with Crippen LogP contribution in [0.2, 0.25) is 0 Å². The Bertz CT molecular complexity index is 584. The van der Waals surface area contributed by atoms with Crippen molar-refractivity contribution in [2.45, 2.75) is 6.92 Å². The predicted molar refractivity (Wildman–Crippen MR) is 71.0 cm³/mol. The van der Waals surface area contributed by atoms with Crippen LogP contribution >= 0.6 is 0 Å². The van der Waals surface area contributed by atoms with Gasteiger partial charge in [-0.25, -0.2) is 9.97 Å². The third-order valence-corrected chi connectivity index (χ3v) is 2.67. The normalized spacial score (nSPS) is 10.5. The van der Waals surface area contributed by atoms with Crippen LogP contribution in [-0.2, 0) is 4.79 Å². The summed E-state index contributed by atoms with van der Waals surface area (Å²) < 4.78 is 0. The fourth-order valence-corrected chi connectivity index (χ4v) is 1.84. The van der Waals surface area contributed by atoms with Crippen LogP contribution in [-0.4, -0.2) is 29.0 Å². The summed E-state index contributed by atoms with van der Waals surface area (Å²) in [5.74, 6) is 0.306. The van der Waals surface area contributed by atoms with Gasteiger partial charge in [-0.05, 0) is 25.1 Å². The van der Waals surface area contributed by atoms with Crippen LogP contribution in [0, 0.1) is 0 Å². The molecule has 18 heavy (non-hydrogen) atoms. The number of rotatable bonds is 4. The summed E-state index contributed by atoms with van der Waals surface area (Å²) >= 11 is 0. The Kier molecular flexibility index (Phi) is 3.27. The van der Waals surface area contributed by atoms with Gasteiger partial charge in [0.1, 0.15) is 12.1 Å². The average molecular weight is 245 g/mol. The molecule has 94 valence electrons. The summed E-state index contributed by atoms with van der Waals surface area (Å²) in [5.41, 5.74) is 12.3. The van der Waals surface area contributed by atoms with Crippen molar-refractivity contribution in [3.63, 3.8) is 0 Å². The van der Waals surface area contributed by atoms with Crippen molar-refractivity contribution in [1.82, 2.24) is 9.97 Å².